The highest BCUT2D eigenvalue weighted by molar-refractivity contribution is 6.31. The first kappa shape index (κ1) is 15.8. The van der Waals surface area contributed by atoms with Gasteiger partial charge < -0.3 is 14.9 Å². The van der Waals surface area contributed by atoms with E-state index in [0.717, 1.165) is 6.42 Å². The van der Waals surface area contributed by atoms with Crippen LogP contribution in [0.2, 0.25) is 5.02 Å². The average molecular weight is 349 g/mol. The molecule has 0 aromatic heterocycles. The number of phenols is 1. The Bertz CT molecular complexity index is 673. The molecule has 0 radical (unpaired) electrons. The number of hydrogen-bond donors (Lipinski definition) is 1. The Hall–Kier alpha value is -1.75. The molecular formula is C18H21ClN2O3. The van der Waals surface area contributed by atoms with Crippen LogP contribution >= 0.6 is 11.6 Å². The Labute approximate surface area is 146 Å². The molecule has 1 unspecified atom stereocenters. The summed E-state index contributed by atoms with van der Waals surface area (Å²) in [5, 5.41) is 9.93. The molecule has 1 heterocycles. The first-order chi connectivity index (χ1) is 11.5. The van der Waals surface area contributed by atoms with Crippen LogP contribution in [0.25, 0.3) is 0 Å². The van der Waals surface area contributed by atoms with Gasteiger partial charge in [0.15, 0.2) is 0 Å². The fraction of sp³-hybridized carbons (Fsp3) is 0.556. The minimum atomic E-state index is -0.151. The van der Waals surface area contributed by atoms with Crippen molar-refractivity contribution in [3.8, 4) is 5.75 Å². The van der Waals surface area contributed by atoms with E-state index in [1.165, 1.54) is 31.4 Å². The summed E-state index contributed by atoms with van der Waals surface area (Å²) >= 11 is 5.90. The van der Waals surface area contributed by atoms with Crippen LogP contribution in [-0.4, -0.2) is 52.9 Å². The van der Waals surface area contributed by atoms with E-state index in [1.807, 2.05) is 4.90 Å². The average Bonchev–Trinajstić information content (AvgIpc) is 3.29. The van der Waals surface area contributed by atoms with Gasteiger partial charge in [-0.3, -0.25) is 9.59 Å². The van der Waals surface area contributed by atoms with Crippen molar-refractivity contribution in [3.05, 3.63) is 28.8 Å². The molecule has 4 rings (SSSR count). The summed E-state index contributed by atoms with van der Waals surface area (Å²) in [5.74, 6) is 0.349. The maximum atomic E-state index is 12.6. The summed E-state index contributed by atoms with van der Waals surface area (Å²) in [7, 11) is 0. The van der Waals surface area contributed by atoms with Gasteiger partial charge >= 0.3 is 0 Å². The van der Waals surface area contributed by atoms with Gasteiger partial charge in [0.1, 0.15) is 5.75 Å². The third-order valence-electron chi connectivity index (χ3n) is 5.85. The fourth-order valence-corrected chi connectivity index (χ4v) is 4.34. The number of amides is 2. The van der Waals surface area contributed by atoms with Crippen molar-refractivity contribution >= 4 is 23.4 Å². The molecule has 1 aliphatic heterocycles. The molecule has 2 saturated carbocycles. The molecule has 2 aliphatic carbocycles. The summed E-state index contributed by atoms with van der Waals surface area (Å²) in [5.41, 5.74) is 0.734. The predicted octanol–water partition coefficient (Wildman–Crippen LogP) is 2.52. The van der Waals surface area contributed by atoms with Crippen LogP contribution in [0.5, 0.6) is 5.75 Å². The standard InChI is InChI=1S/C18H21ClN2O3/c19-13-8-12(9-14(22)10-13)16(23)20-4-6-21(7-5-20)17(24)15-11-18(15)2-1-3-18/h8-10,15,22H,1-7,11H2. The Morgan fingerprint density at radius 2 is 1.75 bits per heavy atom. The number of rotatable bonds is 2. The van der Waals surface area contributed by atoms with E-state index in [2.05, 4.69) is 0 Å². The normalized spacial score (nSPS) is 24.6. The quantitative estimate of drug-likeness (QED) is 0.893. The van der Waals surface area contributed by atoms with Crippen LogP contribution in [0, 0.1) is 11.3 Å². The van der Waals surface area contributed by atoms with Gasteiger partial charge in [0.2, 0.25) is 5.91 Å². The van der Waals surface area contributed by atoms with Crippen LogP contribution in [-0.2, 0) is 4.79 Å². The summed E-state index contributed by atoms with van der Waals surface area (Å²) in [6, 6.07) is 4.39. The van der Waals surface area contributed by atoms with E-state index in [1.54, 1.807) is 11.0 Å². The Kier molecular flexibility index (Phi) is 3.71. The van der Waals surface area contributed by atoms with Gasteiger partial charge in [0.25, 0.3) is 5.91 Å². The van der Waals surface area contributed by atoms with Gasteiger partial charge in [-0.1, -0.05) is 18.0 Å². The van der Waals surface area contributed by atoms with Crippen molar-refractivity contribution in [2.24, 2.45) is 11.3 Å². The van der Waals surface area contributed by atoms with Crippen molar-refractivity contribution < 1.29 is 14.7 Å². The van der Waals surface area contributed by atoms with Crippen LogP contribution in [0.4, 0.5) is 0 Å². The predicted molar refractivity (Wildman–Crippen MR) is 90.0 cm³/mol. The lowest BCUT2D eigenvalue weighted by Crippen LogP contribution is -2.51. The maximum Gasteiger partial charge on any atom is 0.254 e. The SMILES string of the molecule is O=C(c1cc(O)cc(Cl)c1)N1CCN(C(=O)C2CC23CCC3)CC1. The molecule has 24 heavy (non-hydrogen) atoms. The van der Waals surface area contributed by atoms with Crippen molar-refractivity contribution in [1.82, 2.24) is 9.80 Å². The number of piperazine rings is 1. The zero-order valence-electron chi connectivity index (χ0n) is 13.5. The van der Waals surface area contributed by atoms with Crippen LogP contribution < -0.4 is 0 Å². The maximum absolute atomic E-state index is 12.6. The molecule has 1 saturated heterocycles. The fourth-order valence-electron chi connectivity index (χ4n) is 4.11. The van der Waals surface area contributed by atoms with Crippen LogP contribution in [0.3, 0.4) is 0 Å². The number of nitrogens with zero attached hydrogens (tertiary/aromatic N) is 2. The van der Waals surface area contributed by atoms with Gasteiger partial charge in [-0.05, 0) is 42.9 Å². The van der Waals surface area contributed by atoms with Crippen molar-refractivity contribution in [3.63, 3.8) is 0 Å². The van der Waals surface area contributed by atoms with E-state index in [9.17, 15) is 14.7 Å². The molecular weight excluding hydrogens is 328 g/mol. The molecule has 5 nitrogen and oxygen atoms in total. The molecule has 1 aromatic carbocycles. The molecule has 128 valence electrons. The summed E-state index contributed by atoms with van der Waals surface area (Å²) in [4.78, 5) is 28.8. The number of carbonyl (C=O) groups is 2. The smallest absolute Gasteiger partial charge is 0.254 e. The highest BCUT2D eigenvalue weighted by atomic mass is 35.5. The first-order valence-corrected chi connectivity index (χ1v) is 8.94. The number of benzene rings is 1. The third-order valence-corrected chi connectivity index (χ3v) is 6.06. The lowest BCUT2D eigenvalue weighted by Gasteiger charge is -2.36. The highest BCUT2D eigenvalue weighted by Crippen LogP contribution is 2.65. The Morgan fingerprint density at radius 3 is 2.29 bits per heavy atom. The van der Waals surface area contributed by atoms with E-state index in [0.29, 0.717) is 42.2 Å². The molecule has 3 fully saturated rings. The number of hydrogen-bond acceptors (Lipinski definition) is 3. The highest BCUT2D eigenvalue weighted by Gasteiger charge is 2.61. The molecule has 3 aliphatic rings. The second-order valence-electron chi connectivity index (χ2n) is 7.29. The number of phenolic OH excluding ortho intramolecular Hbond substituents is 1. The van der Waals surface area contributed by atoms with Crippen LogP contribution in [0.1, 0.15) is 36.0 Å². The monoisotopic (exact) mass is 348 g/mol. The molecule has 1 atom stereocenters. The first-order valence-electron chi connectivity index (χ1n) is 8.56. The minimum Gasteiger partial charge on any atom is -0.508 e. The zero-order valence-corrected chi connectivity index (χ0v) is 14.3. The minimum absolute atomic E-state index is 0.0146. The lowest BCUT2D eigenvalue weighted by molar-refractivity contribution is -0.135. The number of aromatic hydroxyl groups is 1. The van der Waals surface area contributed by atoms with E-state index < -0.39 is 0 Å². The second kappa shape index (κ2) is 5.66. The van der Waals surface area contributed by atoms with Crippen molar-refractivity contribution in [1.29, 1.82) is 0 Å². The lowest BCUT2D eigenvalue weighted by atomic mass is 9.79. The molecule has 0 bridgehead atoms. The van der Waals surface area contributed by atoms with Gasteiger partial charge in [0.05, 0.1) is 0 Å². The third kappa shape index (κ3) is 2.65. The van der Waals surface area contributed by atoms with E-state index >= 15 is 0 Å². The molecule has 1 spiro atoms. The molecule has 6 heteroatoms. The number of carbonyl (C=O) groups excluding carboxylic acids is 2. The molecule has 1 aromatic rings. The summed E-state index contributed by atoms with van der Waals surface area (Å²) in [6.45, 7) is 2.22. The Balaban J connectivity index is 1.35. The van der Waals surface area contributed by atoms with Gasteiger partial charge in [-0.15, -0.1) is 0 Å². The largest absolute Gasteiger partial charge is 0.508 e. The molecule has 2 amide bonds. The second-order valence-corrected chi connectivity index (χ2v) is 7.72. The number of halogens is 1. The van der Waals surface area contributed by atoms with E-state index in [4.69, 9.17) is 11.6 Å². The van der Waals surface area contributed by atoms with Gasteiger partial charge in [0, 0.05) is 42.7 Å². The Morgan fingerprint density at radius 1 is 1.08 bits per heavy atom. The van der Waals surface area contributed by atoms with Crippen molar-refractivity contribution in [2.75, 3.05) is 26.2 Å². The molecule has 1 N–H and O–H groups in total. The summed E-state index contributed by atoms with van der Waals surface area (Å²) < 4.78 is 0. The summed E-state index contributed by atoms with van der Waals surface area (Å²) in [6.07, 6.45) is 4.74. The van der Waals surface area contributed by atoms with Crippen LogP contribution in [0.15, 0.2) is 18.2 Å². The topological polar surface area (TPSA) is 60.9 Å². The van der Waals surface area contributed by atoms with Gasteiger partial charge in [-0.25, -0.2) is 0 Å². The zero-order chi connectivity index (χ0) is 16.9. The van der Waals surface area contributed by atoms with Crippen molar-refractivity contribution in [2.45, 2.75) is 25.7 Å². The van der Waals surface area contributed by atoms with E-state index in [-0.39, 0.29) is 23.5 Å². The van der Waals surface area contributed by atoms with Gasteiger partial charge in [-0.2, -0.15) is 0 Å².